The minimum Gasteiger partial charge on any atom is -0.382 e. The summed E-state index contributed by atoms with van der Waals surface area (Å²) < 4.78 is 15.5. The summed E-state index contributed by atoms with van der Waals surface area (Å²) in [6.45, 7) is 3.44. The Hall–Kier alpha value is -0.230. The van der Waals surface area contributed by atoms with E-state index in [1.807, 2.05) is 0 Å². The number of nitrogens with one attached hydrogen (secondary N) is 1. The van der Waals surface area contributed by atoms with Gasteiger partial charge >= 0.3 is 0 Å². The average molecular weight is 343 g/mol. The lowest BCUT2D eigenvalue weighted by Gasteiger charge is -2.10. The lowest BCUT2D eigenvalue weighted by Crippen LogP contribution is -2.13. The molecule has 0 aliphatic carbocycles. The smallest absolute Gasteiger partial charge is 0.0701 e. The van der Waals surface area contributed by atoms with Crippen molar-refractivity contribution in [2.75, 3.05) is 52.0 Å². The highest BCUT2D eigenvalue weighted by Gasteiger charge is 2.05. The van der Waals surface area contributed by atoms with Crippen LogP contribution in [0.5, 0.6) is 0 Å². The fourth-order valence-corrected chi connectivity index (χ4v) is 1.99. The highest BCUT2D eigenvalue weighted by Crippen LogP contribution is 2.31. The molecular formula is C13H18Cl3NO3. The molecule has 1 rings (SSSR count). The molecule has 114 valence electrons. The predicted octanol–water partition coefficient (Wildman–Crippen LogP) is 3.74. The zero-order chi connectivity index (χ0) is 14.8. The quantitative estimate of drug-likeness (QED) is 0.519. The Morgan fingerprint density at radius 1 is 0.850 bits per heavy atom. The fourth-order valence-electron chi connectivity index (χ4n) is 1.38. The Bertz CT molecular complexity index is 405. The van der Waals surface area contributed by atoms with E-state index in [2.05, 4.69) is 5.32 Å². The Labute approximate surface area is 134 Å². The van der Waals surface area contributed by atoms with Gasteiger partial charge in [-0.1, -0.05) is 34.8 Å². The maximum absolute atomic E-state index is 6.03. The van der Waals surface area contributed by atoms with Crippen LogP contribution in [0.1, 0.15) is 0 Å². The van der Waals surface area contributed by atoms with Crippen LogP contribution in [-0.2, 0) is 14.2 Å². The van der Waals surface area contributed by atoms with Gasteiger partial charge in [0.2, 0.25) is 0 Å². The van der Waals surface area contributed by atoms with Gasteiger partial charge in [0, 0.05) is 13.7 Å². The van der Waals surface area contributed by atoms with E-state index in [1.54, 1.807) is 19.2 Å². The lowest BCUT2D eigenvalue weighted by molar-refractivity contribution is 0.0272. The number of hydrogen-bond donors (Lipinski definition) is 1. The molecule has 1 aromatic carbocycles. The first-order valence-corrected chi connectivity index (χ1v) is 7.31. The highest BCUT2D eigenvalue weighted by molar-refractivity contribution is 6.44. The van der Waals surface area contributed by atoms with E-state index in [9.17, 15) is 0 Å². The molecule has 0 aliphatic heterocycles. The minimum absolute atomic E-state index is 0.437. The molecule has 0 atom stereocenters. The minimum atomic E-state index is 0.437. The number of methoxy groups -OCH3 is 1. The number of hydrogen-bond acceptors (Lipinski definition) is 4. The van der Waals surface area contributed by atoms with Crippen LogP contribution in [0.2, 0.25) is 15.1 Å². The first kappa shape index (κ1) is 17.8. The van der Waals surface area contributed by atoms with Gasteiger partial charge in [-0.25, -0.2) is 0 Å². The van der Waals surface area contributed by atoms with Crippen molar-refractivity contribution in [3.8, 4) is 0 Å². The van der Waals surface area contributed by atoms with Crippen LogP contribution >= 0.6 is 34.8 Å². The van der Waals surface area contributed by atoms with Gasteiger partial charge in [-0.3, -0.25) is 0 Å². The van der Waals surface area contributed by atoms with E-state index in [-0.39, 0.29) is 0 Å². The Morgan fingerprint density at radius 3 is 2.15 bits per heavy atom. The van der Waals surface area contributed by atoms with E-state index < -0.39 is 0 Å². The molecule has 4 nitrogen and oxygen atoms in total. The van der Waals surface area contributed by atoms with Gasteiger partial charge in [-0.15, -0.1) is 0 Å². The molecule has 0 aliphatic rings. The van der Waals surface area contributed by atoms with Gasteiger partial charge in [0.15, 0.2) is 0 Å². The van der Waals surface area contributed by atoms with Crippen LogP contribution in [0.4, 0.5) is 5.69 Å². The van der Waals surface area contributed by atoms with Gasteiger partial charge in [-0.2, -0.15) is 0 Å². The second-order valence-corrected chi connectivity index (χ2v) is 5.11. The van der Waals surface area contributed by atoms with Crippen LogP contribution in [0.3, 0.4) is 0 Å². The maximum Gasteiger partial charge on any atom is 0.0701 e. The van der Waals surface area contributed by atoms with Crippen molar-refractivity contribution in [1.29, 1.82) is 0 Å². The summed E-state index contributed by atoms with van der Waals surface area (Å²) in [6, 6.07) is 3.30. The first-order chi connectivity index (χ1) is 9.65. The summed E-state index contributed by atoms with van der Waals surface area (Å²) in [6.07, 6.45) is 0. The summed E-state index contributed by atoms with van der Waals surface area (Å²) >= 11 is 17.8. The summed E-state index contributed by atoms with van der Waals surface area (Å²) in [7, 11) is 1.64. The van der Waals surface area contributed by atoms with E-state index in [0.29, 0.717) is 54.6 Å². The molecule has 1 aromatic rings. The van der Waals surface area contributed by atoms with E-state index in [4.69, 9.17) is 49.0 Å². The third kappa shape index (κ3) is 6.97. The van der Waals surface area contributed by atoms with Crippen molar-refractivity contribution in [2.24, 2.45) is 0 Å². The second-order valence-electron chi connectivity index (χ2n) is 3.89. The third-order valence-electron chi connectivity index (χ3n) is 2.38. The molecule has 0 spiro atoms. The molecule has 1 N–H and O–H groups in total. The number of anilines is 1. The average Bonchev–Trinajstić information content (AvgIpc) is 2.42. The van der Waals surface area contributed by atoms with Crippen molar-refractivity contribution in [2.45, 2.75) is 0 Å². The van der Waals surface area contributed by atoms with Crippen molar-refractivity contribution in [3.63, 3.8) is 0 Å². The second kappa shape index (κ2) is 10.5. The van der Waals surface area contributed by atoms with Crippen molar-refractivity contribution < 1.29 is 14.2 Å². The van der Waals surface area contributed by atoms with Gasteiger partial charge in [0.25, 0.3) is 0 Å². The van der Waals surface area contributed by atoms with Crippen LogP contribution in [0.15, 0.2) is 12.1 Å². The normalized spacial score (nSPS) is 10.8. The Morgan fingerprint density at radius 2 is 1.45 bits per heavy atom. The van der Waals surface area contributed by atoms with Crippen LogP contribution in [0.25, 0.3) is 0 Å². The molecule has 0 saturated heterocycles. The standard InChI is InChI=1S/C13H18Cl3NO3/c1-18-4-5-20-7-6-19-3-2-17-13-9-11(15)10(14)8-12(13)16/h8-9,17H,2-7H2,1H3. The van der Waals surface area contributed by atoms with E-state index in [0.717, 1.165) is 5.69 Å². The zero-order valence-electron chi connectivity index (χ0n) is 11.3. The summed E-state index contributed by atoms with van der Waals surface area (Å²) in [5, 5.41) is 4.56. The largest absolute Gasteiger partial charge is 0.382 e. The molecule has 0 aromatic heterocycles. The lowest BCUT2D eigenvalue weighted by atomic mass is 10.3. The molecule has 0 bridgehead atoms. The first-order valence-electron chi connectivity index (χ1n) is 6.18. The van der Waals surface area contributed by atoms with Crippen LogP contribution in [-0.4, -0.2) is 46.7 Å². The number of rotatable bonds is 10. The molecule has 7 heteroatoms. The number of ether oxygens (including phenoxy) is 3. The van der Waals surface area contributed by atoms with Gasteiger partial charge in [-0.05, 0) is 12.1 Å². The molecule has 0 amide bonds. The fraction of sp³-hybridized carbons (Fsp3) is 0.538. The highest BCUT2D eigenvalue weighted by atomic mass is 35.5. The van der Waals surface area contributed by atoms with Crippen LogP contribution in [0, 0.1) is 0 Å². The Balaban J connectivity index is 2.11. The van der Waals surface area contributed by atoms with Gasteiger partial charge in [0.1, 0.15) is 0 Å². The monoisotopic (exact) mass is 341 g/mol. The number of benzene rings is 1. The van der Waals surface area contributed by atoms with Crippen molar-refractivity contribution in [1.82, 2.24) is 0 Å². The topological polar surface area (TPSA) is 39.7 Å². The molecule has 0 heterocycles. The summed E-state index contributed by atoms with van der Waals surface area (Å²) in [5.41, 5.74) is 0.737. The molecular weight excluding hydrogens is 325 g/mol. The van der Waals surface area contributed by atoms with Gasteiger partial charge < -0.3 is 19.5 Å². The molecule has 20 heavy (non-hydrogen) atoms. The van der Waals surface area contributed by atoms with E-state index in [1.165, 1.54) is 0 Å². The molecule has 0 radical (unpaired) electrons. The third-order valence-corrected chi connectivity index (χ3v) is 3.41. The summed E-state index contributed by atoms with van der Waals surface area (Å²) in [4.78, 5) is 0. The van der Waals surface area contributed by atoms with Crippen molar-refractivity contribution in [3.05, 3.63) is 27.2 Å². The summed E-state index contributed by atoms with van der Waals surface area (Å²) in [5.74, 6) is 0. The Kier molecular flexibility index (Phi) is 9.35. The molecule has 0 fully saturated rings. The van der Waals surface area contributed by atoms with Gasteiger partial charge in [0.05, 0.1) is 53.8 Å². The SMILES string of the molecule is COCCOCCOCCNc1cc(Cl)c(Cl)cc1Cl. The van der Waals surface area contributed by atoms with E-state index >= 15 is 0 Å². The maximum atomic E-state index is 6.03. The van der Waals surface area contributed by atoms with Crippen LogP contribution < -0.4 is 5.32 Å². The zero-order valence-corrected chi connectivity index (χ0v) is 13.5. The number of halogens is 3. The molecule has 0 saturated carbocycles. The van der Waals surface area contributed by atoms with Crippen molar-refractivity contribution >= 4 is 40.5 Å². The molecule has 0 unspecified atom stereocenters. The predicted molar refractivity (Wildman–Crippen MR) is 83.5 cm³/mol.